The maximum Gasteiger partial charge on any atom is 0.208 e. The van der Waals surface area contributed by atoms with Gasteiger partial charge in [0.2, 0.25) is 5.85 Å². The van der Waals surface area contributed by atoms with E-state index in [2.05, 4.69) is 21.4 Å². The summed E-state index contributed by atoms with van der Waals surface area (Å²) in [6.07, 6.45) is 0. The first-order valence-corrected chi connectivity index (χ1v) is 4.06. The highest BCUT2D eigenvalue weighted by atomic mass is 16.7. The summed E-state index contributed by atoms with van der Waals surface area (Å²) in [5.41, 5.74) is 2.66. The Kier molecular flexibility index (Phi) is 5.36. The summed E-state index contributed by atoms with van der Waals surface area (Å²) in [7, 11) is 7.28. The highest BCUT2D eigenvalue weighted by molar-refractivity contribution is 4.82. The summed E-state index contributed by atoms with van der Waals surface area (Å²) in [5, 5.41) is 9.22. The van der Waals surface area contributed by atoms with Gasteiger partial charge in [-0.3, -0.25) is 15.5 Å². The summed E-state index contributed by atoms with van der Waals surface area (Å²) in [5.74, 6) is -0.580. The zero-order valence-electron chi connectivity index (χ0n) is 8.49. The van der Waals surface area contributed by atoms with Gasteiger partial charge in [-0.25, -0.2) is 5.48 Å². The van der Waals surface area contributed by atoms with E-state index in [-0.39, 0.29) is 6.04 Å². The molecule has 4 N–H and O–H groups in total. The molecule has 0 fully saturated rings. The maximum atomic E-state index is 5.35. The number of hydroxylamine groups is 1. The van der Waals surface area contributed by atoms with Gasteiger partial charge in [0.15, 0.2) is 0 Å². The molecule has 0 aromatic carbocycles. The van der Waals surface area contributed by atoms with E-state index in [4.69, 9.17) is 4.84 Å². The van der Waals surface area contributed by atoms with Crippen molar-refractivity contribution in [2.75, 3.05) is 28.2 Å². The fourth-order valence-electron chi connectivity index (χ4n) is 1.11. The van der Waals surface area contributed by atoms with Gasteiger partial charge in [0.05, 0.1) is 6.04 Å². The lowest BCUT2D eigenvalue weighted by Gasteiger charge is -2.37. The van der Waals surface area contributed by atoms with Crippen LogP contribution in [0.3, 0.4) is 0 Å². The quantitative estimate of drug-likeness (QED) is 0.304. The number of likely N-dealkylation sites (N-methyl/N-ethyl adjacent to an activating group) is 3. The third kappa shape index (κ3) is 2.40. The maximum absolute atomic E-state index is 5.35. The molecule has 0 saturated heterocycles. The van der Waals surface area contributed by atoms with Crippen LogP contribution in [-0.4, -0.2) is 40.1 Å². The molecule has 0 aromatic rings. The first-order chi connectivity index (χ1) is 5.66. The minimum absolute atomic E-state index is 0.139. The van der Waals surface area contributed by atoms with Crippen molar-refractivity contribution in [3.8, 4) is 0 Å². The molecule has 0 aliphatic heterocycles. The molecule has 0 aromatic heterocycles. The second kappa shape index (κ2) is 5.45. The lowest BCUT2D eigenvalue weighted by Crippen LogP contribution is -2.67. The van der Waals surface area contributed by atoms with Gasteiger partial charge in [-0.1, -0.05) is 0 Å². The van der Waals surface area contributed by atoms with Gasteiger partial charge in [-0.2, -0.15) is 0 Å². The first kappa shape index (κ1) is 11.8. The van der Waals surface area contributed by atoms with E-state index in [0.29, 0.717) is 0 Å². The lowest BCUT2D eigenvalue weighted by atomic mass is 10.2. The molecule has 1 unspecified atom stereocenters. The summed E-state index contributed by atoms with van der Waals surface area (Å²) < 4.78 is 0. The molecule has 0 amide bonds. The molecule has 74 valence electrons. The van der Waals surface area contributed by atoms with E-state index in [1.54, 1.807) is 7.05 Å². The summed E-state index contributed by atoms with van der Waals surface area (Å²) in [4.78, 5) is 5.35. The fourth-order valence-corrected chi connectivity index (χ4v) is 1.11. The van der Waals surface area contributed by atoms with Crippen molar-refractivity contribution in [1.29, 1.82) is 0 Å². The largest absolute Gasteiger partial charge is 0.312 e. The Morgan fingerprint density at radius 3 is 1.83 bits per heavy atom. The monoisotopic (exact) mass is 176 g/mol. The topological polar surface area (TPSA) is 57.4 Å². The van der Waals surface area contributed by atoms with Gasteiger partial charge in [-0.05, 0) is 28.1 Å². The Morgan fingerprint density at radius 2 is 1.58 bits per heavy atom. The van der Waals surface area contributed by atoms with Crippen molar-refractivity contribution in [2.24, 2.45) is 0 Å². The predicted molar refractivity (Wildman–Crippen MR) is 49.5 cm³/mol. The van der Waals surface area contributed by atoms with Gasteiger partial charge in [0.1, 0.15) is 0 Å². The van der Waals surface area contributed by atoms with Gasteiger partial charge in [-0.15, -0.1) is 0 Å². The Hall–Kier alpha value is -0.200. The van der Waals surface area contributed by atoms with E-state index < -0.39 is 5.85 Å². The van der Waals surface area contributed by atoms with E-state index >= 15 is 0 Å². The number of nitrogens with one attached hydrogen (secondary N) is 4. The highest BCUT2D eigenvalue weighted by Gasteiger charge is 2.33. The molecule has 0 aliphatic carbocycles. The number of hydrogen-bond acceptors (Lipinski definition) is 5. The average molecular weight is 176 g/mol. The molecule has 1 atom stereocenters. The second-order valence-electron chi connectivity index (χ2n) is 2.55. The zero-order valence-corrected chi connectivity index (χ0v) is 8.49. The Balaban J connectivity index is 4.33. The van der Waals surface area contributed by atoms with Crippen LogP contribution in [-0.2, 0) is 4.84 Å². The van der Waals surface area contributed by atoms with Crippen LogP contribution in [0.4, 0.5) is 0 Å². The van der Waals surface area contributed by atoms with Crippen LogP contribution in [0.1, 0.15) is 6.92 Å². The van der Waals surface area contributed by atoms with Crippen molar-refractivity contribution >= 4 is 0 Å². The summed E-state index contributed by atoms with van der Waals surface area (Å²) in [6.45, 7) is 2.02. The summed E-state index contributed by atoms with van der Waals surface area (Å²) >= 11 is 0. The van der Waals surface area contributed by atoms with Crippen LogP contribution in [0.2, 0.25) is 0 Å². The van der Waals surface area contributed by atoms with Crippen LogP contribution in [0.15, 0.2) is 0 Å². The molecule has 0 saturated carbocycles. The Bertz CT molecular complexity index is 116. The normalized spacial score (nSPS) is 14.8. The van der Waals surface area contributed by atoms with E-state index in [0.717, 1.165) is 0 Å². The molecule has 0 heterocycles. The summed E-state index contributed by atoms with van der Waals surface area (Å²) in [6, 6.07) is 0.139. The number of hydrogen-bond donors (Lipinski definition) is 4. The fraction of sp³-hybridized carbons (Fsp3) is 1.00. The molecule has 0 radical (unpaired) electrons. The van der Waals surface area contributed by atoms with E-state index in [1.807, 2.05) is 28.1 Å². The average Bonchev–Trinajstić information content (AvgIpc) is 2.13. The van der Waals surface area contributed by atoms with Crippen molar-refractivity contribution in [1.82, 2.24) is 21.4 Å². The van der Waals surface area contributed by atoms with Crippen LogP contribution in [0, 0.1) is 0 Å². The van der Waals surface area contributed by atoms with E-state index in [9.17, 15) is 0 Å². The van der Waals surface area contributed by atoms with Crippen LogP contribution in [0.25, 0.3) is 0 Å². The molecule has 0 aliphatic rings. The van der Waals surface area contributed by atoms with Crippen molar-refractivity contribution < 1.29 is 4.84 Å². The number of rotatable bonds is 6. The van der Waals surface area contributed by atoms with E-state index in [1.165, 1.54) is 0 Å². The van der Waals surface area contributed by atoms with Crippen molar-refractivity contribution in [3.63, 3.8) is 0 Å². The standard InChI is InChI=1S/C7H20N4O/c1-6(8-2)7(9-3,10-4)12-11-5/h6,8-11H,1-5H3. The molecule has 0 rings (SSSR count). The third-order valence-electron chi connectivity index (χ3n) is 2.05. The molecule has 5 heteroatoms. The highest BCUT2D eigenvalue weighted by Crippen LogP contribution is 2.05. The van der Waals surface area contributed by atoms with Gasteiger partial charge < -0.3 is 5.32 Å². The minimum Gasteiger partial charge on any atom is -0.312 e. The van der Waals surface area contributed by atoms with Crippen LogP contribution >= 0.6 is 0 Å². The smallest absolute Gasteiger partial charge is 0.208 e. The van der Waals surface area contributed by atoms with Gasteiger partial charge >= 0.3 is 0 Å². The molecule has 12 heavy (non-hydrogen) atoms. The van der Waals surface area contributed by atoms with Gasteiger partial charge in [0.25, 0.3) is 0 Å². The predicted octanol–water partition coefficient (Wildman–Crippen LogP) is -1.16. The second-order valence-corrected chi connectivity index (χ2v) is 2.55. The Labute approximate surface area is 74.2 Å². The Morgan fingerprint density at radius 1 is 1.08 bits per heavy atom. The van der Waals surface area contributed by atoms with Crippen molar-refractivity contribution in [2.45, 2.75) is 18.8 Å². The minimum atomic E-state index is -0.580. The third-order valence-corrected chi connectivity index (χ3v) is 2.05. The molecule has 5 nitrogen and oxygen atoms in total. The van der Waals surface area contributed by atoms with Crippen LogP contribution < -0.4 is 21.4 Å². The lowest BCUT2D eigenvalue weighted by molar-refractivity contribution is -0.149. The van der Waals surface area contributed by atoms with Gasteiger partial charge in [0, 0.05) is 7.05 Å². The molecule has 0 bridgehead atoms. The first-order valence-electron chi connectivity index (χ1n) is 4.06. The van der Waals surface area contributed by atoms with Crippen LogP contribution in [0.5, 0.6) is 0 Å². The molecular weight excluding hydrogens is 156 g/mol. The molecular formula is C7H20N4O. The SMILES string of the molecule is CNOC(NC)(NC)C(C)NC. The zero-order chi connectivity index (χ0) is 9.61. The van der Waals surface area contributed by atoms with Crippen molar-refractivity contribution in [3.05, 3.63) is 0 Å². The molecule has 0 spiro atoms.